The van der Waals surface area contributed by atoms with Crippen LogP contribution in [0.15, 0.2) is 24.3 Å². The number of benzene rings is 1. The monoisotopic (exact) mass is 411 g/mol. The van der Waals surface area contributed by atoms with E-state index in [0.29, 0.717) is 19.4 Å². The van der Waals surface area contributed by atoms with Crippen molar-refractivity contribution in [2.75, 3.05) is 18.4 Å². The number of amides is 1. The van der Waals surface area contributed by atoms with E-state index < -0.39 is 23.5 Å². The van der Waals surface area contributed by atoms with Gasteiger partial charge in [0.2, 0.25) is 0 Å². The van der Waals surface area contributed by atoms with Gasteiger partial charge in [0.15, 0.2) is 10.2 Å². The Morgan fingerprint density at radius 3 is 2.78 bits per heavy atom. The van der Waals surface area contributed by atoms with Gasteiger partial charge in [0.05, 0.1) is 4.92 Å². The lowest BCUT2D eigenvalue weighted by atomic mass is 10.1. The van der Waals surface area contributed by atoms with E-state index in [9.17, 15) is 19.7 Å². The Morgan fingerprint density at radius 1 is 1.41 bits per heavy atom. The molecule has 1 atom stereocenters. The second kappa shape index (κ2) is 9.19. The van der Waals surface area contributed by atoms with Gasteiger partial charge in [0.25, 0.3) is 11.6 Å². The minimum Gasteiger partial charge on any atom is -0.480 e. The number of anilines is 1. The van der Waals surface area contributed by atoms with Crippen molar-refractivity contribution in [1.82, 2.24) is 15.5 Å². The van der Waals surface area contributed by atoms with E-state index >= 15 is 0 Å². The first-order valence-corrected chi connectivity index (χ1v) is 8.73. The van der Waals surface area contributed by atoms with E-state index in [1.165, 1.54) is 6.07 Å². The number of carbonyl (C=O) groups is 2. The number of hydrogen-bond acceptors (Lipinski definition) is 6. The van der Waals surface area contributed by atoms with Crippen LogP contribution in [0.3, 0.4) is 0 Å². The van der Waals surface area contributed by atoms with Gasteiger partial charge < -0.3 is 21.1 Å². The van der Waals surface area contributed by atoms with Crippen molar-refractivity contribution in [3.05, 3.63) is 34.4 Å². The zero-order valence-corrected chi connectivity index (χ0v) is 15.6. The Hall–Kier alpha value is -2.86. The van der Waals surface area contributed by atoms with Gasteiger partial charge in [-0.1, -0.05) is 12.1 Å². The van der Waals surface area contributed by atoms with E-state index in [0.717, 1.165) is 4.90 Å². The topological polar surface area (TPSA) is 137 Å². The number of hydrogen-bond donors (Lipinski definition) is 4. The first-order valence-electron chi connectivity index (χ1n) is 7.91. The van der Waals surface area contributed by atoms with Gasteiger partial charge in [-0.2, -0.15) is 0 Å². The quantitative estimate of drug-likeness (QED) is 0.211. The number of para-hydroxylation sites is 2. The predicted molar refractivity (Wildman–Crippen MR) is 105 cm³/mol. The number of carboxylic acid groups (broad SMARTS) is 1. The highest BCUT2D eigenvalue weighted by Gasteiger charge is 2.35. The SMILES string of the molecule is O=C(O)CN1C(=O)[C@H](CCCNC(=S)Nc2ccccc2[N+](=O)[O-])NC1=S. The first-order chi connectivity index (χ1) is 12.8. The third-order valence-corrected chi connectivity index (χ3v) is 4.29. The van der Waals surface area contributed by atoms with Gasteiger partial charge in [-0.3, -0.25) is 24.6 Å². The van der Waals surface area contributed by atoms with Gasteiger partial charge in [0, 0.05) is 12.6 Å². The fraction of sp³-hybridized carbons (Fsp3) is 0.333. The number of rotatable bonds is 8. The van der Waals surface area contributed by atoms with E-state index in [4.69, 9.17) is 29.5 Å². The number of nitrogens with one attached hydrogen (secondary N) is 3. The highest BCUT2D eigenvalue weighted by molar-refractivity contribution is 7.80. The van der Waals surface area contributed by atoms with Gasteiger partial charge in [0.1, 0.15) is 18.3 Å². The summed E-state index contributed by atoms with van der Waals surface area (Å²) >= 11 is 10.1. The van der Waals surface area contributed by atoms with Crippen LogP contribution in [0.5, 0.6) is 0 Å². The van der Waals surface area contributed by atoms with Crippen LogP contribution in [0.2, 0.25) is 0 Å². The molecule has 0 radical (unpaired) electrons. The summed E-state index contributed by atoms with van der Waals surface area (Å²) in [6, 6.07) is 5.56. The number of nitrogens with zero attached hydrogens (tertiary/aromatic N) is 2. The average molecular weight is 411 g/mol. The van der Waals surface area contributed by atoms with Crippen molar-refractivity contribution in [2.45, 2.75) is 18.9 Å². The van der Waals surface area contributed by atoms with Crippen LogP contribution in [0.25, 0.3) is 0 Å². The molecule has 1 aliphatic rings. The molecule has 1 aliphatic heterocycles. The van der Waals surface area contributed by atoms with Crippen LogP contribution in [-0.2, 0) is 9.59 Å². The second-order valence-corrected chi connectivity index (χ2v) is 6.41. The van der Waals surface area contributed by atoms with Crippen LogP contribution in [0, 0.1) is 10.1 Å². The molecule has 1 saturated heterocycles. The number of nitro benzene ring substituents is 1. The van der Waals surface area contributed by atoms with Crippen molar-refractivity contribution < 1.29 is 19.6 Å². The zero-order valence-electron chi connectivity index (χ0n) is 14.0. The molecule has 1 aromatic rings. The fourth-order valence-corrected chi connectivity index (χ4v) is 2.98. The van der Waals surface area contributed by atoms with Gasteiger partial charge >= 0.3 is 5.97 Å². The zero-order chi connectivity index (χ0) is 20.0. The van der Waals surface area contributed by atoms with Crippen LogP contribution < -0.4 is 16.0 Å². The molecule has 1 fully saturated rings. The smallest absolute Gasteiger partial charge is 0.323 e. The molecule has 144 valence electrons. The van der Waals surface area contributed by atoms with Crippen molar-refractivity contribution in [1.29, 1.82) is 0 Å². The van der Waals surface area contributed by atoms with Crippen molar-refractivity contribution >= 4 is 57.9 Å². The minimum absolute atomic E-state index is 0.0885. The summed E-state index contributed by atoms with van der Waals surface area (Å²) in [4.78, 5) is 34.4. The summed E-state index contributed by atoms with van der Waals surface area (Å²) in [7, 11) is 0. The van der Waals surface area contributed by atoms with Crippen molar-refractivity contribution in [3.63, 3.8) is 0 Å². The standard InChI is InChI=1S/C15H17N5O5S2/c21-12(22)8-19-13(23)10(18-15(19)27)5-3-7-16-14(26)17-9-4-1-2-6-11(9)20(24)25/h1-2,4,6,10H,3,5,7-8H2,(H,18,27)(H,21,22)(H2,16,17,26)/t10-/m0/s1. The van der Waals surface area contributed by atoms with Crippen LogP contribution in [0.1, 0.15) is 12.8 Å². The molecule has 0 saturated carbocycles. The van der Waals surface area contributed by atoms with E-state index in [-0.39, 0.29) is 27.5 Å². The highest BCUT2D eigenvalue weighted by Crippen LogP contribution is 2.22. The lowest BCUT2D eigenvalue weighted by molar-refractivity contribution is -0.383. The molecule has 27 heavy (non-hydrogen) atoms. The number of carbonyl (C=O) groups excluding carboxylic acids is 1. The normalized spacial score (nSPS) is 16.0. The summed E-state index contributed by atoms with van der Waals surface area (Å²) in [6.45, 7) is -0.0487. The molecule has 0 aliphatic carbocycles. The Morgan fingerprint density at radius 2 is 2.11 bits per heavy atom. The summed E-state index contributed by atoms with van der Waals surface area (Å²) in [5.41, 5.74) is 0.191. The lowest BCUT2D eigenvalue weighted by Gasteiger charge is -2.12. The highest BCUT2D eigenvalue weighted by atomic mass is 32.1. The molecule has 1 aromatic carbocycles. The van der Waals surface area contributed by atoms with Crippen LogP contribution >= 0.6 is 24.4 Å². The summed E-state index contributed by atoms with van der Waals surface area (Å²) < 4.78 is 0. The molecule has 0 unspecified atom stereocenters. The third kappa shape index (κ3) is 5.56. The van der Waals surface area contributed by atoms with Gasteiger partial charge in [-0.15, -0.1) is 0 Å². The third-order valence-electron chi connectivity index (χ3n) is 3.70. The molecule has 10 nitrogen and oxygen atoms in total. The van der Waals surface area contributed by atoms with E-state index in [1.807, 2.05) is 0 Å². The number of carboxylic acids is 1. The molecule has 1 amide bonds. The molecule has 0 bridgehead atoms. The maximum Gasteiger partial charge on any atom is 0.323 e. The lowest BCUT2D eigenvalue weighted by Crippen LogP contribution is -2.36. The molecule has 2 rings (SSSR count). The maximum absolute atomic E-state index is 12.1. The van der Waals surface area contributed by atoms with Crippen LogP contribution in [0.4, 0.5) is 11.4 Å². The van der Waals surface area contributed by atoms with Crippen LogP contribution in [-0.4, -0.2) is 56.2 Å². The van der Waals surface area contributed by atoms with E-state index in [2.05, 4.69) is 16.0 Å². The largest absolute Gasteiger partial charge is 0.480 e. The Bertz CT molecular complexity index is 788. The fourth-order valence-electron chi connectivity index (χ4n) is 2.47. The van der Waals surface area contributed by atoms with Crippen molar-refractivity contribution in [2.24, 2.45) is 0 Å². The Balaban J connectivity index is 1.77. The molecule has 0 aromatic heterocycles. The Kier molecular flexibility index (Phi) is 6.96. The second-order valence-electron chi connectivity index (χ2n) is 5.62. The molecule has 12 heteroatoms. The van der Waals surface area contributed by atoms with Gasteiger partial charge in [-0.25, -0.2) is 0 Å². The summed E-state index contributed by atoms with van der Waals surface area (Å²) in [5, 5.41) is 28.6. The molecule has 1 heterocycles. The summed E-state index contributed by atoms with van der Waals surface area (Å²) in [5.74, 6) is -1.51. The summed E-state index contributed by atoms with van der Waals surface area (Å²) in [6.07, 6.45) is 0.974. The van der Waals surface area contributed by atoms with E-state index in [1.54, 1.807) is 18.2 Å². The number of thiocarbonyl (C=S) groups is 2. The number of nitro groups is 1. The Labute approximate surface area is 165 Å². The number of aliphatic carboxylic acids is 1. The maximum atomic E-state index is 12.1. The predicted octanol–water partition coefficient (Wildman–Crippen LogP) is 0.831. The molecule has 4 N–H and O–H groups in total. The molecular weight excluding hydrogens is 394 g/mol. The molecule has 0 spiro atoms. The van der Waals surface area contributed by atoms with Gasteiger partial charge in [-0.05, 0) is 43.3 Å². The van der Waals surface area contributed by atoms with Crippen molar-refractivity contribution in [3.8, 4) is 0 Å². The average Bonchev–Trinajstić information content (AvgIpc) is 2.86. The minimum atomic E-state index is -1.14. The first kappa shape index (κ1) is 20.5. The molecular formula is C15H17N5O5S2.